The van der Waals surface area contributed by atoms with Crippen LogP contribution in [-0.2, 0) is 6.54 Å². The molecule has 0 aliphatic rings. The molecule has 2 nitrogen and oxygen atoms in total. The van der Waals surface area contributed by atoms with Gasteiger partial charge in [0.1, 0.15) is 5.75 Å². The Bertz CT molecular complexity index is 583. The van der Waals surface area contributed by atoms with E-state index in [0.29, 0.717) is 0 Å². The summed E-state index contributed by atoms with van der Waals surface area (Å²) in [5.74, 6) is 0.936. The average Bonchev–Trinajstić information content (AvgIpc) is 2.46. The van der Waals surface area contributed by atoms with Gasteiger partial charge in [-0.1, -0.05) is 48.0 Å². The van der Waals surface area contributed by atoms with E-state index in [1.165, 1.54) is 0 Å². The molecule has 0 radical (unpaired) electrons. The Morgan fingerprint density at radius 1 is 1.00 bits per heavy atom. The van der Waals surface area contributed by atoms with Crippen LogP contribution in [0.15, 0.2) is 48.5 Å². The highest BCUT2D eigenvalue weighted by Gasteiger charge is 2.10. The first kappa shape index (κ1) is 15.9. The van der Waals surface area contributed by atoms with E-state index in [1.54, 1.807) is 0 Å². The first-order chi connectivity index (χ1) is 10.1. The first-order valence-corrected chi connectivity index (χ1v) is 7.68. The zero-order chi connectivity index (χ0) is 15.2. The maximum absolute atomic E-state index is 6.24. The predicted octanol–water partition coefficient (Wildman–Crippen LogP) is 4.98. The molecule has 1 unspecified atom stereocenters. The molecular weight excluding hydrogens is 282 g/mol. The van der Waals surface area contributed by atoms with Gasteiger partial charge >= 0.3 is 0 Å². The molecule has 0 aromatic heterocycles. The molecule has 0 saturated carbocycles. The number of hydrogen-bond donors (Lipinski definition) is 1. The van der Waals surface area contributed by atoms with Gasteiger partial charge < -0.3 is 10.1 Å². The quantitative estimate of drug-likeness (QED) is 0.813. The van der Waals surface area contributed by atoms with E-state index in [9.17, 15) is 0 Å². The van der Waals surface area contributed by atoms with Crippen LogP contribution in [0.5, 0.6) is 5.75 Å². The van der Waals surface area contributed by atoms with Crippen molar-refractivity contribution in [3.8, 4) is 5.75 Å². The number of rotatable bonds is 6. The summed E-state index contributed by atoms with van der Waals surface area (Å²) >= 11 is 6.24. The highest BCUT2D eigenvalue weighted by molar-refractivity contribution is 6.31. The molecule has 2 aromatic carbocycles. The molecule has 0 aliphatic heterocycles. The maximum atomic E-state index is 6.24. The second-order valence-corrected chi connectivity index (χ2v) is 5.81. The molecule has 2 rings (SSSR count). The molecule has 0 bridgehead atoms. The Balaban J connectivity index is 2.05. The molecule has 1 atom stereocenters. The third kappa shape index (κ3) is 4.48. The summed E-state index contributed by atoms with van der Waals surface area (Å²) in [4.78, 5) is 0. The van der Waals surface area contributed by atoms with E-state index in [2.05, 4.69) is 24.4 Å². The molecule has 0 heterocycles. The van der Waals surface area contributed by atoms with Gasteiger partial charge in [0.05, 0.1) is 6.10 Å². The molecule has 1 N–H and O–H groups in total. The van der Waals surface area contributed by atoms with Crippen LogP contribution < -0.4 is 10.1 Å². The lowest BCUT2D eigenvalue weighted by atomic mass is 10.1. The molecule has 2 aromatic rings. The zero-order valence-electron chi connectivity index (χ0n) is 12.8. The van der Waals surface area contributed by atoms with Crippen molar-refractivity contribution in [3.05, 3.63) is 64.7 Å². The molecule has 0 aliphatic carbocycles. The third-order valence-electron chi connectivity index (χ3n) is 3.31. The second kappa shape index (κ2) is 7.48. The topological polar surface area (TPSA) is 21.3 Å². The number of nitrogens with one attached hydrogen (secondary N) is 1. The van der Waals surface area contributed by atoms with E-state index >= 15 is 0 Å². The minimum atomic E-state index is 0.173. The lowest BCUT2D eigenvalue weighted by molar-refractivity contribution is 0.239. The normalized spacial score (nSPS) is 12.4. The van der Waals surface area contributed by atoms with Crippen LogP contribution in [0, 0.1) is 0 Å². The van der Waals surface area contributed by atoms with Gasteiger partial charge in [-0.25, -0.2) is 0 Å². The number of halogens is 1. The molecule has 0 saturated heterocycles. The van der Waals surface area contributed by atoms with E-state index in [4.69, 9.17) is 16.3 Å². The number of hydrogen-bond acceptors (Lipinski definition) is 2. The summed E-state index contributed by atoms with van der Waals surface area (Å²) in [5.41, 5.74) is 2.27. The van der Waals surface area contributed by atoms with Crippen molar-refractivity contribution in [2.24, 2.45) is 0 Å². The SMILES string of the molecule is CC(C)Oc1ccccc1CNC(C)c1ccccc1Cl. The van der Waals surface area contributed by atoms with E-state index < -0.39 is 0 Å². The van der Waals surface area contributed by atoms with Crippen LogP contribution in [0.25, 0.3) is 0 Å². The van der Waals surface area contributed by atoms with Crippen LogP contribution in [0.3, 0.4) is 0 Å². The lowest BCUT2D eigenvalue weighted by Gasteiger charge is -2.18. The molecule has 0 spiro atoms. The van der Waals surface area contributed by atoms with Crippen LogP contribution in [0.2, 0.25) is 5.02 Å². The van der Waals surface area contributed by atoms with Crippen LogP contribution in [0.1, 0.15) is 37.9 Å². The van der Waals surface area contributed by atoms with Gasteiger partial charge in [-0.15, -0.1) is 0 Å². The highest BCUT2D eigenvalue weighted by atomic mass is 35.5. The summed E-state index contributed by atoms with van der Waals surface area (Å²) in [5, 5.41) is 4.30. The van der Waals surface area contributed by atoms with E-state index in [-0.39, 0.29) is 12.1 Å². The summed E-state index contributed by atoms with van der Waals surface area (Å²) in [6.07, 6.45) is 0.173. The fraction of sp³-hybridized carbons (Fsp3) is 0.333. The lowest BCUT2D eigenvalue weighted by Crippen LogP contribution is -2.19. The minimum absolute atomic E-state index is 0.173. The second-order valence-electron chi connectivity index (χ2n) is 5.40. The molecule has 112 valence electrons. The van der Waals surface area contributed by atoms with Gasteiger partial charge in [-0.05, 0) is 38.5 Å². The monoisotopic (exact) mass is 303 g/mol. The third-order valence-corrected chi connectivity index (χ3v) is 3.65. The van der Waals surface area contributed by atoms with Gasteiger partial charge in [-0.2, -0.15) is 0 Å². The van der Waals surface area contributed by atoms with Gasteiger partial charge in [0.15, 0.2) is 0 Å². The average molecular weight is 304 g/mol. The Hall–Kier alpha value is -1.51. The summed E-state index contributed by atoms with van der Waals surface area (Å²) in [6, 6.07) is 16.2. The van der Waals surface area contributed by atoms with Crippen molar-refractivity contribution in [2.75, 3.05) is 0 Å². The Morgan fingerprint density at radius 3 is 2.38 bits per heavy atom. The molecule has 21 heavy (non-hydrogen) atoms. The van der Waals surface area contributed by atoms with E-state index in [0.717, 1.165) is 28.4 Å². The van der Waals surface area contributed by atoms with Crippen molar-refractivity contribution < 1.29 is 4.74 Å². The smallest absolute Gasteiger partial charge is 0.124 e. The Labute approximate surface area is 132 Å². The molecule has 3 heteroatoms. The first-order valence-electron chi connectivity index (χ1n) is 7.30. The predicted molar refractivity (Wildman–Crippen MR) is 88.9 cm³/mol. The fourth-order valence-electron chi connectivity index (χ4n) is 2.22. The maximum Gasteiger partial charge on any atom is 0.124 e. The van der Waals surface area contributed by atoms with Crippen molar-refractivity contribution in [1.82, 2.24) is 5.32 Å². The fourth-order valence-corrected chi connectivity index (χ4v) is 2.52. The van der Waals surface area contributed by atoms with E-state index in [1.807, 2.05) is 50.2 Å². The van der Waals surface area contributed by atoms with Gasteiger partial charge in [-0.3, -0.25) is 0 Å². The summed E-state index contributed by atoms with van der Waals surface area (Å²) in [6.45, 7) is 6.94. The van der Waals surface area contributed by atoms with Gasteiger partial charge in [0, 0.05) is 23.2 Å². The van der Waals surface area contributed by atoms with Gasteiger partial charge in [0.25, 0.3) is 0 Å². The van der Waals surface area contributed by atoms with Crippen LogP contribution >= 0.6 is 11.6 Å². The summed E-state index contributed by atoms with van der Waals surface area (Å²) < 4.78 is 5.84. The molecule has 0 fully saturated rings. The van der Waals surface area contributed by atoms with Crippen molar-refractivity contribution in [3.63, 3.8) is 0 Å². The number of ether oxygens (including phenoxy) is 1. The number of para-hydroxylation sites is 1. The Kier molecular flexibility index (Phi) is 5.66. The Morgan fingerprint density at radius 2 is 1.67 bits per heavy atom. The summed E-state index contributed by atoms with van der Waals surface area (Å²) in [7, 11) is 0. The molecular formula is C18H22ClNO. The van der Waals surface area contributed by atoms with Crippen molar-refractivity contribution in [1.29, 1.82) is 0 Å². The van der Waals surface area contributed by atoms with Gasteiger partial charge in [0.2, 0.25) is 0 Å². The van der Waals surface area contributed by atoms with Crippen molar-refractivity contribution in [2.45, 2.75) is 39.5 Å². The highest BCUT2D eigenvalue weighted by Crippen LogP contribution is 2.24. The van der Waals surface area contributed by atoms with Crippen molar-refractivity contribution >= 4 is 11.6 Å². The zero-order valence-corrected chi connectivity index (χ0v) is 13.5. The minimum Gasteiger partial charge on any atom is -0.491 e. The van der Waals surface area contributed by atoms with Crippen LogP contribution in [-0.4, -0.2) is 6.10 Å². The largest absolute Gasteiger partial charge is 0.491 e. The number of benzene rings is 2. The van der Waals surface area contributed by atoms with Crippen LogP contribution in [0.4, 0.5) is 0 Å². The standard InChI is InChI=1S/C18H22ClNO/c1-13(2)21-18-11-7-4-8-15(18)12-20-14(3)16-9-5-6-10-17(16)19/h4-11,13-14,20H,12H2,1-3H3. The molecule has 0 amide bonds.